The lowest BCUT2D eigenvalue weighted by Gasteiger charge is -2.28. The van der Waals surface area contributed by atoms with Gasteiger partial charge in [0.15, 0.2) is 0 Å². The molecular formula is C18H26N4O2. The zero-order chi connectivity index (χ0) is 16.9. The molecule has 0 bridgehead atoms. The number of nitrogens with two attached hydrogens (primary N) is 1. The minimum atomic E-state index is -0.321. The van der Waals surface area contributed by atoms with Gasteiger partial charge in [-0.15, -0.1) is 0 Å². The SMILES string of the molecule is NC(=O)C1CCN(C(=O)NCc2ccc(N3CCCCC3)cc2)C1. The van der Waals surface area contributed by atoms with Crippen molar-refractivity contribution in [2.45, 2.75) is 32.2 Å². The van der Waals surface area contributed by atoms with E-state index in [0.717, 1.165) is 18.7 Å². The van der Waals surface area contributed by atoms with Crippen molar-refractivity contribution in [3.63, 3.8) is 0 Å². The molecule has 3 rings (SSSR count). The number of nitrogens with zero attached hydrogens (tertiary/aromatic N) is 2. The van der Waals surface area contributed by atoms with Gasteiger partial charge in [-0.25, -0.2) is 4.79 Å². The molecule has 130 valence electrons. The van der Waals surface area contributed by atoms with Gasteiger partial charge in [0.25, 0.3) is 0 Å². The molecule has 0 aromatic heterocycles. The summed E-state index contributed by atoms with van der Waals surface area (Å²) in [5, 5.41) is 2.92. The van der Waals surface area contributed by atoms with Gasteiger partial charge in [-0.1, -0.05) is 12.1 Å². The Hall–Kier alpha value is -2.24. The van der Waals surface area contributed by atoms with E-state index in [1.165, 1.54) is 24.9 Å². The van der Waals surface area contributed by atoms with E-state index >= 15 is 0 Å². The van der Waals surface area contributed by atoms with E-state index in [9.17, 15) is 9.59 Å². The van der Waals surface area contributed by atoms with E-state index in [4.69, 9.17) is 5.73 Å². The monoisotopic (exact) mass is 330 g/mol. The lowest BCUT2D eigenvalue weighted by atomic mass is 10.1. The Morgan fingerprint density at radius 1 is 1.08 bits per heavy atom. The zero-order valence-electron chi connectivity index (χ0n) is 14.0. The van der Waals surface area contributed by atoms with Crippen LogP contribution in [-0.4, -0.2) is 43.0 Å². The molecule has 2 heterocycles. The number of primary amides is 1. The van der Waals surface area contributed by atoms with Crippen LogP contribution in [0.4, 0.5) is 10.5 Å². The topological polar surface area (TPSA) is 78.7 Å². The highest BCUT2D eigenvalue weighted by Gasteiger charge is 2.29. The quantitative estimate of drug-likeness (QED) is 0.882. The first-order valence-corrected chi connectivity index (χ1v) is 8.79. The summed E-state index contributed by atoms with van der Waals surface area (Å²) >= 11 is 0. The van der Waals surface area contributed by atoms with Crippen molar-refractivity contribution in [1.29, 1.82) is 0 Å². The van der Waals surface area contributed by atoms with E-state index in [1.807, 2.05) is 0 Å². The van der Waals surface area contributed by atoms with E-state index in [2.05, 4.69) is 34.5 Å². The van der Waals surface area contributed by atoms with Crippen LogP contribution in [0, 0.1) is 5.92 Å². The molecular weight excluding hydrogens is 304 g/mol. The minimum Gasteiger partial charge on any atom is -0.372 e. The molecule has 2 aliphatic heterocycles. The molecule has 2 aliphatic rings. The van der Waals surface area contributed by atoms with Crippen molar-refractivity contribution in [3.05, 3.63) is 29.8 Å². The molecule has 0 radical (unpaired) electrons. The smallest absolute Gasteiger partial charge is 0.317 e. The first kappa shape index (κ1) is 16.6. The lowest BCUT2D eigenvalue weighted by Crippen LogP contribution is -2.39. The van der Waals surface area contributed by atoms with Crippen molar-refractivity contribution in [2.75, 3.05) is 31.1 Å². The summed E-state index contributed by atoms with van der Waals surface area (Å²) in [6.07, 6.45) is 4.51. The van der Waals surface area contributed by atoms with Gasteiger partial charge in [0, 0.05) is 38.4 Å². The Bertz CT molecular complexity index is 581. The van der Waals surface area contributed by atoms with Crippen molar-refractivity contribution < 1.29 is 9.59 Å². The van der Waals surface area contributed by atoms with E-state index in [0.29, 0.717) is 26.1 Å². The molecule has 0 saturated carbocycles. The fourth-order valence-electron chi connectivity index (χ4n) is 3.44. The van der Waals surface area contributed by atoms with E-state index in [1.54, 1.807) is 4.90 Å². The van der Waals surface area contributed by atoms with Crippen molar-refractivity contribution in [2.24, 2.45) is 11.7 Å². The maximum absolute atomic E-state index is 12.2. The van der Waals surface area contributed by atoms with Crippen molar-refractivity contribution >= 4 is 17.6 Å². The minimum absolute atomic E-state index is 0.126. The van der Waals surface area contributed by atoms with Crippen LogP contribution >= 0.6 is 0 Å². The number of carbonyl (C=O) groups excluding carboxylic acids is 2. The Kier molecular flexibility index (Phi) is 5.23. The summed E-state index contributed by atoms with van der Waals surface area (Å²) < 4.78 is 0. The molecule has 2 saturated heterocycles. The van der Waals surface area contributed by atoms with E-state index < -0.39 is 0 Å². The lowest BCUT2D eigenvalue weighted by molar-refractivity contribution is -0.121. The second-order valence-corrected chi connectivity index (χ2v) is 6.71. The molecule has 6 nitrogen and oxygen atoms in total. The molecule has 3 amide bonds. The molecule has 1 aromatic rings. The Balaban J connectivity index is 1.48. The van der Waals surface area contributed by atoms with Crippen LogP contribution < -0.4 is 16.0 Å². The molecule has 2 fully saturated rings. The predicted molar refractivity (Wildman–Crippen MR) is 93.6 cm³/mol. The maximum atomic E-state index is 12.2. The largest absolute Gasteiger partial charge is 0.372 e. The van der Waals surface area contributed by atoms with Crippen molar-refractivity contribution in [3.8, 4) is 0 Å². The molecule has 1 atom stereocenters. The summed E-state index contributed by atoms with van der Waals surface area (Å²) in [5.74, 6) is -0.529. The van der Waals surface area contributed by atoms with Crippen LogP contribution in [0.15, 0.2) is 24.3 Å². The summed E-state index contributed by atoms with van der Waals surface area (Å²) in [4.78, 5) is 27.4. The molecule has 0 spiro atoms. The summed E-state index contributed by atoms with van der Waals surface area (Å²) in [6.45, 7) is 3.78. The van der Waals surface area contributed by atoms with Gasteiger partial charge in [-0.3, -0.25) is 4.79 Å². The number of amides is 3. The normalized spacial score (nSPS) is 20.9. The van der Waals surface area contributed by atoms with Gasteiger partial charge in [-0.05, 0) is 43.4 Å². The third kappa shape index (κ3) is 3.99. The molecule has 0 aliphatic carbocycles. The first-order chi connectivity index (χ1) is 11.6. The van der Waals surface area contributed by atoms with Gasteiger partial charge < -0.3 is 20.9 Å². The number of carbonyl (C=O) groups is 2. The van der Waals surface area contributed by atoms with Crippen molar-refractivity contribution in [1.82, 2.24) is 10.2 Å². The van der Waals surface area contributed by atoms with E-state index in [-0.39, 0.29) is 17.9 Å². The van der Waals surface area contributed by atoms with Crippen LogP contribution in [0.2, 0.25) is 0 Å². The maximum Gasteiger partial charge on any atom is 0.317 e. The average molecular weight is 330 g/mol. The number of benzene rings is 1. The fourth-order valence-corrected chi connectivity index (χ4v) is 3.44. The highest BCUT2D eigenvalue weighted by Crippen LogP contribution is 2.20. The zero-order valence-corrected chi connectivity index (χ0v) is 14.0. The Morgan fingerprint density at radius 3 is 2.42 bits per heavy atom. The van der Waals surface area contributed by atoms with Gasteiger partial charge >= 0.3 is 6.03 Å². The number of anilines is 1. The third-order valence-electron chi connectivity index (χ3n) is 4.98. The number of rotatable bonds is 4. The summed E-state index contributed by atoms with van der Waals surface area (Å²) in [7, 11) is 0. The van der Waals surface area contributed by atoms with Gasteiger partial charge in [-0.2, -0.15) is 0 Å². The predicted octanol–water partition coefficient (Wildman–Crippen LogP) is 1.69. The molecule has 1 unspecified atom stereocenters. The highest BCUT2D eigenvalue weighted by molar-refractivity contribution is 5.80. The Morgan fingerprint density at radius 2 is 1.79 bits per heavy atom. The number of hydrogen-bond donors (Lipinski definition) is 2. The molecule has 24 heavy (non-hydrogen) atoms. The second kappa shape index (κ2) is 7.55. The van der Waals surface area contributed by atoms with Crippen LogP contribution in [-0.2, 0) is 11.3 Å². The highest BCUT2D eigenvalue weighted by atomic mass is 16.2. The van der Waals surface area contributed by atoms with Gasteiger partial charge in [0.05, 0.1) is 5.92 Å². The first-order valence-electron chi connectivity index (χ1n) is 8.79. The number of nitrogens with one attached hydrogen (secondary N) is 1. The standard InChI is InChI=1S/C18H26N4O2/c19-17(23)15-8-11-22(13-15)18(24)20-12-14-4-6-16(7-5-14)21-9-2-1-3-10-21/h4-7,15H,1-3,8-13H2,(H2,19,23)(H,20,24). The molecule has 3 N–H and O–H groups in total. The van der Waals surface area contributed by atoms with Gasteiger partial charge in [0.2, 0.25) is 5.91 Å². The van der Waals surface area contributed by atoms with Crippen LogP contribution in [0.1, 0.15) is 31.2 Å². The molecule has 1 aromatic carbocycles. The number of hydrogen-bond acceptors (Lipinski definition) is 3. The number of urea groups is 1. The average Bonchev–Trinajstić information content (AvgIpc) is 3.11. The van der Waals surface area contributed by atoms with Gasteiger partial charge in [0.1, 0.15) is 0 Å². The number of piperidine rings is 1. The fraction of sp³-hybridized carbons (Fsp3) is 0.556. The number of likely N-dealkylation sites (tertiary alicyclic amines) is 1. The molecule has 6 heteroatoms. The second-order valence-electron chi connectivity index (χ2n) is 6.71. The van der Waals surface area contributed by atoms with Crippen LogP contribution in [0.25, 0.3) is 0 Å². The third-order valence-corrected chi connectivity index (χ3v) is 4.98. The summed E-state index contributed by atoms with van der Waals surface area (Å²) in [6, 6.07) is 8.28. The summed E-state index contributed by atoms with van der Waals surface area (Å²) in [5.41, 5.74) is 7.64. The van der Waals surface area contributed by atoms with Crippen LogP contribution in [0.3, 0.4) is 0 Å². The van der Waals surface area contributed by atoms with Crippen LogP contribution in [0.5, 0.6) is 0 Å². The Labute approximate surface area is 143 Å².